The summed E-state index contributed by atoms with van der Waals surface area (Å²) in [5.41, 5.74) is 0. The Hall–Kier alpha value is -0.860. The summed E-state index contributed by atoms with van der Waals surface area (Å²) in [6.07, 6.45) is 5.81. The number of carbonyl (C=O) groups is 2. The summed E-state index contributed by atoms with van der Waals surface area (Å²) >= 11 is 0. The monoisotopic (exact) mass is 199 g/mol. The van der Waals surface area contributed by atoms with Gasteiger partial charge in [0, 0.05) is 12.8 Å². The first-order valence-electron chi connectivity index (χ1n) is 5.53. The third-order valence-corrected chi connectivity index (χ3v) is 2.04. The van der Waals surface area contributed by atoms with Crippen LogP contribution in [0.3, 0.4) is 0 Å². The van der Waals surface area contributed by atoms with E-state index in [2.05, 4.69) is 12.2 Å². The van der Waals surface area contributed by atoms with Gasteiger partial charge in [0.1, 0.15) is 0 Å². The third-order valence-electron chi connectivity index (χ3n) is 2.04. The Bertz CT molecular complexity index is 178. The molecule has 0 aromatic heterocycles. The molecule has 0 rings (SSSR count). The Morgan fingerprint density at radius 3 is 1.86 bits per heavy atom. The van der Waals surface area contributed by atoms with Gasteiger partial charge in [0.25, 0.3) is 0 Å². The van der Waals surface area contributed by atoms with E-state index < -0.39 is 0 Å². The maximum Gasteiger partial charge on any atom is 0.226 e. The summed E-state index contributed by atoms with van der Waals surface area (Å²) in [4.78, 5) is 22.3. The summed E-state index contributed by atoms with van der Waals surface area (Å²) in [5.74, 6) is -0.257. The van der Waals surface area contributed by atoms with Crippen molar-refractivity contribution in [2.75, 3.05) is 0 Å². The van der Waals surface area contributed by atoms with E-state index in [1.54, 1.807) is 0 Å². The quantitative estimate of drug-likeness (QED) is 0.640. The molecular formula is C11H21NO2. The topological polar surface area (TPSA) is 46.2 Å². The van der Waals surface area contributed by atoms with E-state index in [-0.39, 0.29) is 11.8 Å². The Kier molecular flexibility index (Phi) is 8.19. The zero-order valence-corrected chi connectivity index (χ0v) is 9.27. The van der Waals surface area contributed by atoms with Gasteiger partial charge in [0.2, 0.25) is 11.8 Å². The molecule has 0 atom stereocenters. The molecule has 0 saturated heterocycles. The van der Waals surface area contributed by atoms with E-state index in [1.807, 2.05) is 6.92 Å². The number of nitrogens with one attached hydrogen (secondary N) is 1. The van der Waals surface area contributed by atoms with E-state index in [4.69, 9.17) is 0 Å². The van der Waals surface area contributed by atoms with Crippen LogP contribution < -0.4 is 5.32 Å². The number of hydrogen-bond acceptors (Lipinski definition) is 2. The lowest BCUT2D eigenvalue weighted by atomic mass is 10.2. The smallest absolute Gasteiger partial charge is 0.226 e. The largest absolute Gasteiger partial charge is 0.296 e. The highest BCUT2D eigenvalue weighted by atomic mass is 16.2. The molecule has 0 aliphatic carbocycles. The molecule has 82 valence electrons. The molecule has 0 saturated carbocycles. The van der Waals surface area contributed by atoms with Crippen molar-refractivity contribution in [3.05, 3.63) is 0 Å². The number of hydrogen-bond donors (Lipinski definition) is 1. The van der Waals surface area contributed by atoms with Crippen LogP contribution in [-0.2, 0) is 9.59 Å². The van der Waals surface area contributed by atoms with Crippen LogP contribution in [0.1, 0.15) is 58.8 Å². The Morgan fingerprint density at radius 1 is 0.857 bits per heavy atom. The van der Waals surface area contributed by atoms with E-state index in [9.17, 15) is 9.59 Å². The Labute approximate surface area is 86.3 Å². The number of unbranched alkanes of at least 4 members (excludes halogenated alkanes) is 3. The summed E-state index contributed by atoms with van der Waals surface area (Å²) < 4.78 is 0. The van der Waals surface area contributed by atoms with Gasteiger partial charge < -0.3 is 0 Å². The van der Waals surface area contributed by atoms with Gasteiger partial charge >= 0.3 is 0 Å². The van der Waals surface area contributed by atoms with Crippen molar-refractivity contribution in [3.8, 4) is 0 Å². The van der Waals surface area contributed by atoms with Crippen molar-refractivity contribution < 1.29 is 9.59 Å². The average molecular weight is 199 g/mol. The van der Waals surface area contributed by atoms with Crippen molar-refractivity contribution >= 4 is 11.8 Å². The highest BCUT2D eigenvalue weighted by Crippen LogP contribution is 1.99. The summed E-state index contributed by atoms with van der Waals surface area (Å²) in [7, 11) is 0. The second-order valence-electron chi connectivity index (χ2n) is 3.53. The van der Waals surface area contributed by atoms with E-state index in [0.717, 1.165) is 32.1 Å². The Morgan fingerprint density at radius 2 is 1.36 bits per heavy atom. The zero-order valence-electron chi connectivity index (χ0n) is 9.27. The lowest BCUT2D eigenvalue weighted by Gasteiger charge is -2.02. The maximum absolute atomic E-state index is 11.2. The van der Waals surface area contributed by atoms with Crippen LogP contribution >= 0.6 is 0 Å². The maximum atomic E-state index is 11.2. The zero-order chi connectivity index (χ0) is 10.8. The number of rotatable bonds is 7. The van der Waals surface area contributed by atoms with Gasteiger partial charge in [-0.2, -0.15) is 0 Å². The van der Waals surface area contributed by atoms with Gasteiger partial charge in [0.05, 0.1) is 0 Å². The molecule has 0 aliphatic heterocycles. The summed E-state index contributed by atoms with van der Waals surface area (Å²) in [6, 6.07) is 0. The lowest BCUT2D eigenvalue weighted by molar-refractivity contribution is -0.130. The average Bonchev–Trinajstić information content (AvgIpc) is 2.15. The third kappa shape index (κ3) is 7.77. The first kappa shape index (κ1) is 13.1. The number of amides is 2. The van der Waals surface area contributed by atoms with Crippen LogP contribution in [0.5, 0.6) is 0 Å². The fourth-order valence-corrected chi connectivity index (χ4v) is 1.15. The minimum atomic E-state index is -0.131. The van der Waals surface area contributed by atoms with Crippen molar-refractivity contribution in [1.82, 2.24) is 5.32 Å². The first-order chi connectivity index (χ1) is 6.70. The summed E-state index contributed by atoms with van der Waals surface area (Å²) in [6.45, 7) is 4.11. The van der Waals surface area contributed by atoms with Crippen LogP contribution in [0.15, 0.2) is 0 Å². The van der Waals surface area contributed by atoms with Gasteiger partial charge in [-0.05, 0) is 12.8 Å². The van der Waals surface area contributed by atoms with Gasteiger partial charge in [0.15, 0.2) is 0 Å². The van der Waals surface area contributed by atoms with Crippen LogP contribution in [-0.4, -0.2) is 11.8 Å². The molecule has 0 spiro atoms. The molecule has 2 amide bonds. The van der Waals surface area contributed by atoms with Crippen LogP contribution in [0.2, 0.25) is 0 Å². The molecule has 0 bridgehead atoms. The standard InChI is InChI=1S/C11H21NO2/c1-3-5-7-9-11(14)12-10(13)8-6-4-2/h3-9H2,1-2H3,(H,12,13,14). The van der Waals surface area contributed by atoms with Gasteiger partial charge in [-0.25, -0.2) is 0 Å². The van der Waals surface area contributed by atoms with Crippen molar-refractivity contribution in [2.24, 2.45) is 0 Å². The van der Waals surface area contributed by atoms with Gasteiger partial charge in [-0.1, -0.05) is 33.1 Å². The molecule has 0 aromatic rings. The van der Waals surface area contributed by atoms with Gasteiger partial charge in [-0.3, -0.25) is 14.9 Å². The lowest BCUT2D eigenvalue weighted by Crippen LogP contribution is -2.29. The van der Waals surface area contributed by atoms with Crippen molar-refractivity contribution in [2.45, 2.75) is 58.8 Å². The van der Waals surface area contributed by atoms with E-state index in [0.29, 0.717) is 12.8 Å². The predicted octanol–water partition coefficient (Wildman–Crippen LogP) is 2.40. The minimum Gasteiger partial charge on any atom is -0.296 e. The molecule has 1 N–H and O–H groups in total. The van der Waals surface area contributed by atoms with Crippen molar-refractivity contribution in [1.29, 1.82) is 0 Å². The fraction of sp³-hybridized carbons (Fsp3) is 0.818. The van der Waals surface area contributed by atoms with E-state index >= 15 is 0 Å². The minimum absolute atomic E-state index is 0.125. The van der Waals surface area contributed by atoms with Crippen LogP contribution in [0.4, 0.5) is 0 Å². The molecule has 3 nitrogen and oxygen atoms in total. The van der Waals surface area contributed by atoms with Gasteiger partial charge in [-0.15, -0.1) is 0 Å². The van der Waals surface area contributed by atoms with Crippen LogP contribution in [0.25, 0.3) is 0 Å². The molecule has 0 heterocycles. The molecule has 14 heavy (non-hydrogen) atoms. The second-order valence-corrected chi connectivity index (χ2v) is 3.53. The first-order valence-corrected chi connectivity index (χ1v) is 5.53. The van der Waals surface area contributed by atoms with E-state index in [1.165, 1.54) is 0 Å². The summed E-state index contributed by atoms with van der Waals surface area (Å²) in [5, 5.41) is 2.40. The molecule has 0 aromatic carbocycles. The molecular weight excluding hydrogens is 178 g/mol. The van der Waals surface area contributed by atoms with Crippen molar-refractivity contribution in [3.63, 3.8) is 0 Å². The number of carbonyl (C=O) groups excluding carboxylic acids is 2. The molecule has 0 radical (unpaired) electrons. The SMILES string of the molecule is CCCCCC(=O)NC(=O)CCCC. The predicted molar refractivity (Wildman–Crippen MR) is 56.8 cm³/mol. The molecule has 0 fully saturated rings. The normalized spacial score (nSPS) is 9.86. The molecule has 0 aliphatic rings. The Balaban J connectivity index is 3.45. The van der Waals surface area contributed by atoms with Crippen LogP contribution in [0, 0.1) is 0 Å². The second kappa shape index (κ2) is 8.73. The fourth-order valence-electron chi connectivity index (χ4n) is 1.15. The molecule has 0 unspecified atom stereocenters. The molecule has 3 heteroatoms. The number of imide groups is 1. The highest BCUT2D eigenvalue weighted by Gasteiger charge is 2.05. The highest BCUT2D eigenvalue weighted by molar-refractivity contribution is 5.95.